The van der Waals surface area contributed by atoms with E-state index in [4.69, 9.17) is 11.6 Å². The number of hydrogen-bond acceptors (Lipinski definition) is 3. The molecule has 0 aromatic heterocycles. The first-order valence-electron chi connectivity index (χ1n) is 5.50. The Morgan fingerprint density at radius 1 is 1.15 bits per heavy atom. The Morgan fingerprint density at radius 2 is 1.75 bits per heavy atom. The molecule has 0 heterocycles. The zero-order chi connectivity index (χ0) is 14.9. The molecule has 104 valence electrons. The van der Waals surface area contributed by atoms with Crippen molar-refractivity contribution in [2.45, 2.75) is 11.8 Å². The molecule has 0 saturated carbocycles. The molecule has 0 amide bonds. The molecule has 2 rings (SSSR count). The molecule has 20 heavy (non-hydrogen) atoms. The van der Waals surface area contributed by atoms with E-state index in [1.54, 1.807) is 12.1 Å². The van der Waals surface area contributed by atoms with Crippen LogP contribution in [0.25, 0.3) is 0 Å². The summed E-state index contributed by atoms with van der Waals surface area (Å²) in [7, 11) is -3.83. The first kappa shape index (κ1) is 15.2. The van der Waals surface area contributed by atoms with Gasteiger partial charge in [0.05, 0.1) is 20.1 Å². The van der Waals surface area contributed by atoms with Gasteiger partial charge in [0.25, 0.3) is 10.0 Å². The lowest BCUT2D eigenvalue weighted by atomic mass is 10.2. The van der Waals surface area contributed by atoms with Gasteiger partial charge < -0.3 is 0 Å². The average Bonchev–Trinajstić information content (AvgIpc) is 2.36. The molecule has 0 unspecified atom stereocenters. The van der Waals surface area contributed by atoms with E-state index in [9.17, 15) is 13.2 Å². The predicted octanol–water partition coefficient (Wildman–Crippen LogP) is 3.11. The van der Waals surface area contributed by atoms with Gasteiger partial charge in [-0.2, -0.15) is 12.8 Å². The highest BCUT2D eigenvalue weighted by molar-refractivity contribution is 9.12. The van der Waals surface area contributed by atoms with Gasteiger partial charge in [-0.15, -0.1) is 0 Å². The van der Waals surface area contributed by atoms with Crippen molar-refractivity contribution in [3.8, 4) is 0 Å². The Kier molecular flexibility index (Phi) is 4.27. The first-order chi connectivity index (χ1) is 9.29. The second-order valence-corrected chi connectivity index (χ2v) is 6.98. The lowest BCUT2D eigenvalue weighted by Crippen LogP contribution is -2.10. The fraction of sp³-hybridized carbons (Fsp3) is 0.0769. The number of aryl methyl sites for hydroxylation is 1. The molecule has 0 bridgehead atoms. The molecular weight excluding hydrogens is 366 g/mol. The van der Waals surface area contributed by atoms with Crippen LogP contribution in [0.15, 0.2) is 55.2 Å². The van der Waals surface area contributed by atoms with Gasteiger partial charge in [0.2, 0.25) is 5.78 Å². The Hall–Kier alpha value is -1.24. The van der Waals surface area contributed by atoms with E-state index in [1.165, 1.54) is 24.3 Å². The van der Waals surface area contributed by atoms with Gasteiger partial charge in [0, 0.05) is 0 Å². The second kappa shape index (κ2) is 5.63. The number of sulfonamides is 1. The van der Waals surface area contributed by atoms with Crippen LogP contribution in [0.2, 0.25) is 0 Å². The van der Waals surface area contributed by atoms with Gasteiger partial charge in [0.1, 0.15) is 0 Å². The minimum absolute atomic E-state index is 0.0848. The third kappa shape index (κ3) is 3.26. The Labute approximate surface area is 130 Å². The van der Waals surface area contributed by atoms with E-state index in [1.807, 2.05) is 6.92 Å². The van der Waals surface area contributed by atoms with Crippen molar-refractivity contribution in [1.82, 2.24) is 0 Å². The first-order valence-corrected chi connectivity index (χ1v) is 8.11. The van der Waals surface area contributed by atoms with Crippen molar-refractivity contribution in [3.63, 3.8) is 0 Å². The standard InChI is InChI=1S/C13H9BrClNO3S/c1-8-2-4-10(5-3-8)20(18,19)16-9-6-11(14)13(17)12(15)7-9/h2-7H,1H3. The zero-order valence-corrected chi connectivity index (χ0v) is 13.5. The van der Waals surface area contributed by atoms with Crippen molar-refractivity contribution in [2.24, 2.45) is 4.40 Å². The molecule has 0 N–H and O–H groups in total. The molecule has 0 radical (unpaired) electrons. The number of hydrogen-bond donors (Lipinski definition) is 0. The number of rotatable bonds is 2. The summed E-state index contributed by atoms with van der Waals surface area (Å²) < 4.78 is 28.1. The van der Waals surface area contributed by atoms with Crippen LogP contribution < -0.4 is 0 Å². The van der Waals surface area contributed by atoms with Gasteiger partial charge in [-0.05, 0) is 47.1 Å². The van der Waals surface area contributed by atoms with Crippen molar-refractivity contribution >= 4 is 49.0 Å². The second-order valence-electron chi connectivity index (χ2n) is 4.12. The third-order valence-corrected chi connectivity index (χ3v) is 4.72. The molecule has 7 heteroatoms. The summed E-state index contributed by atoms with van der Waals surface area (Å²) >= 11 is 8.74. The van der Waals surface area contributed by atoms with Crippen LogP contribution >= 0.6 is 27.5 Å². The van der Waals surface area contributed by atoms with Gasteiger partial charge in [-0.25, -0.2) is 0 Å². The van der Waals surface area contributed by atoms with Crippen LogP contribution in [0.4, 0.5) is 0 Å². The lowest BCUT2D eigenvalue weighted by Gasteiger charge is -2.06. The van der Waals surface area contributed by atoms with E-state index in [-0.39, 0.29) is 20.1 Å². The number of carbonyl (C=O) groups excluding carboxylic acids is 1. The summed E-state index contributed by atoms with van der Waals surface area (Å²) in [6.07, 6.45) is 2.54. The minimum atomic E-state index is -3.83. The minimum Gasteiger partial charge on any atom is -0.287 e. The normalized spacial score (nSPS) is 17.9. The summed E-state index contributed by atoms with van der Waals surface area (Å²) in [6, 6.07) is 6.33. The van der Waals surface area contributed by atoms with Gasteiger partial charge >= 0.3 is 0 Å². The van der Waals surface area contributed by atoms with E-state index in [0.29, 0.717) is 0 Å². The van der Waals surface area contributed by atoms with Gasteiger partial charge in [-0.1, -0.05) is 29.3 Å². The fourth-order valence-corrected chi connectivity index (χ4v) is 3.25. The van der Waals surface area contributed by atoms with Crippen LogP contribution in [0.3, 0.4) is 0 Å². The van der Waals surface area contributed by atoms with Crippen LogP contribution in [-0.2, 0) is 14.8 Å². The molecule has 1 aliphatic carbocycles. The number of benzene rings is 1. The van der Waals surface area contributed by atoms with E-state index >= 15 is 0 Å². The highest BCUT2D eigenvalue weighted by Crippen LogP contribution is 2.22. The van der Waals surface area contributed by atoms with Crippen molar-refractivity contribution < 1.29 is 13.2 Å². The zero-order valence-electron chi connectivity index (χ0n) is 10.3. The quantitative estimate of drug-likeness (QED) is 0.747. The molecule has 1 aromatic rings. The lowest BCUT2D eigenvalue weighted by molar-refractivity contribution is -0.111. The highest BCUT2D eigenvalue weighted by Gasteiger charge is 2.19. The summed E-state index contributed by atoms with van der Waals surface area (Å²) in [5, 5.41) is -0.0859. The Balaban J connectivity index is 2.44. The molecule has 0 saturated heterocycles. The summed E-state index contributed by atoms with van der Waals surface area (Å²) in [6.45, 7) is 1.86. The Bertz CT molecular complexity index is 737. The number of ketones is 1. The molecule has 0 fully saturated rings. The number of carbonyl (C=O) groups is 1. The summed E-state index contributed by atoms with van der Waals surface area (Å²) in [5.41, 5.74) is 1.05. The number of nitrogens with zero attached hydrogens (tertiary/aromatic N) is 1. The maximum atomic E-state index is 12.1. The number of allylic oxidation sites excluding steroid dienone is 4. The van der Waals surface area contributed by atoms with Crippen molar-refractivity contribution in [3.05, 3.63) is 51.5 Å². The maximum Gasteiger partial charge on any atom is 0.282 e. The number of halogens is 2. The topological polar surface area (TPSA) is 63.6 Å². The van der Waals surface area contributed by atoms with Gasteiger partial charge in [0.15, 0.2) is 0 Å². The SMILES string of the molecule is Cc1ccc(S(=O)(=O)N=C2C=C(Cl)C(=O)C(Br)=C2)cc1. The molecule has 0 spiro atoms. The van der Waals surface area contributed by atoms with Crippen LogP contribution in [-0.4, -0.2) is 19.9 Å². The predicted molar refractivity (Wildman–Crippen MR) is 81.8 cm³/mol. The number of Topliss-reactive ketones (excluding diaryl/α,β-unsaturated/α-hetero) is 1. The van der Waals surface area contributed by atoms with E-state index < -0.39 is 15.8 Å². The summed E-state index contributed by atoms with van der Waals surface area (Å²) in [4.78, 5) is 11.5. The third-order valence-electron chi connectivity index (χ3n) is 2.53. The highest BCUT2D eigenvalue weighted by atomic mass is 79.9. The maximum absolute atomic E-state index is 12.1. The molecular formula is C13H9BrClNO3S. The van der Waals surface area contributed by atoms with Crippen LogP contribution in [0, 0.1) is 6.92 Å². The van der Waals surface area contributed by atoms with Crippen LogP contribution in [0.5, 0.6) is 0 Å². The molecule has 1 aromatic carbocycles. The monoisotopic (exact) mass is 373 g/mol. The van der Waals surface area contributed by atoms with Crippen molar-refractivity contribution in [2.75, 3.05) is 0 Å². The largest absolute Gasteiger partial charge is 0.287 e. The summed E-state index contributed by atoms with van der Waals surface area (Å²) in [5.74, 6) is -0.404. The van der Waals surface area contributed by atoms with E-state index in [2.05, 4.69) is 20.3 Å². The average molecular weight is 375 g/mol. The molecule has 0 atom stereocenters. The van der Waals surface area contributed by atoms with Crippen LogP contribution in [0.1, 0.15) is 5.56 Å². The smallest absolute Gasteiger partial charge is 0.282 e. The molecule has 1 aliphatic rings. The fourth-order valence-electron chi connectivity index (χ4n) is 1.50. The Morgan fingerprint density at radius 3 is 2.30 bits per heavy atom. The van der Waals surface area contributed by atoms with Gasteiger partial charge in [-0.3, -0.25) is 4.79 Å². The molecule has 4 nitrogen and oxygen atoms in total. The van der Waals surface area contributed by atoms with E-state index in [0.717, 1.165) is 5.56 Å². The van der Waals surface area contributed by atoms with Crippen molar-refractivity contribution in [1.29, 1.82) is 0 Å². The molecule has 0 aliphatic heterocycles.